The molecule has 1 saturated heterocycles. The van der Waals surface area contributed by atoms with Crippen molar-refractivity contribution in [2.75, 3.05) is 26.8 Å². The first-order valence-electron chi connectivity index (χ1n) is 7.27. The van der Waals surface area contributed by atoms with Crippen LogP contribution in [0.25, 0.3) is 0 Å². The Morgan fingerprint density at radius 3 is 3.05 bits per heavy atom. The first-order chi connectivity index (χ1) is 9.26. The van der Waals surface area contributed by atoms with Crippen LogP contribution in [0.5, 0.6) is 0 Å². The third-order valence-corrected chi connectivity index (χ3v) is 3.81. The van der Waals surface area contributed by atoms with Crippen molar-refractivity contribution in [2.45, 2.75) is 44.8 Å². The number of nitrogens with zero attached hydrogens (tertiary/aromatic N) is 3. The SMILES string of the molecule is CCCn1cc(C2C(N)CCCN2CCOC)cn1. The van der Waals surface area contributed by atoms with E-state index in [1.165, 1.54) is 12.0 Å². The fourth-order valence-corrected chi connectivity index (χ4v) is 2.90. The number of aryl methyl sites for hydroxylation is 1. The molecule has 2 unspecified atom stereocenters. The van der Waals surface area contributed by atoms with Gasteiger partial charge in [0, 0.05) is 38.0 Å². The molecule has 0 bridgehead atoms. The Kier molecular flexibility index (Phi) is 5.36. The van der Waals surface area contributed by atoms with Crippen molar-refractivity contribution < 1.29 is 4.74 Å². The second-order valence-electron chi connectivity index (χ2n) is 5.32. The van der Waals surface area contributed by atoms with Crippen molar-refractivity contribution in [1.82, 2.24) is 14.7 Å². The maximum atomic E-state index is 6.34. The van der Waals surface area contributed by atoms with E-state index in [1.807, 2.05) is 10.9 Å². The first kappa shape index (κ1) is 14.5. The van der Waals surface area contributed by atoms with Gasteiger partial charge in [-0.1, -0.05) is 6.92 Å². The highest BCUT2D eigenvalue weighted by molar-refractivity contribution is 5.14. The molecule has 1 aromatic rings. The predicted molar refractivity (Wildman–Crippen MR) is 75.9 cm³/mol. The number of ether oxygens (including phenoxy) is 1. The summed E-state index contributed by atoms with van der Waals surface area (Å²) in [5.41, 5.74) is 7.58. The van der Waals surface area contributed by atoms with Crippen molar-refractivity contribution in [2.24, 2.45) is 5.73 Å². The molecule has 0 amide bonds. The lowest BCUT2D eigenvalue weighted by molar-refractivity contribution is 0.0847. The zero-order chi connectivity index (χ0) is 13.7. The molecular weight excluding hydrogens is 240 g/mol. The van der Waals surface area contributed by atoms with Gasteiger partial charge in [0.25, 0.3) is 0 Å². The Morgan fingerprint density at radius 2 is 2.32 bits per heavy atom. The lowest BCUT2D eigenvalue weighted by Gasteiger charge is -2.39. The van der Waals surface area contributed by atoms with Crippen LogP contribution in [-0.2, 0) is 11.3 Å². The van der Waals surface area contributed by atoms with Crippen molar-refractivity contribution in [3.8, 4) is 0 Å². The standard InChI is InChI=1S/C14H26N4O/c1-3-6-18-11-12(10-16-18)14-13(15)5-4-7-17(14)8-9-19-2/h10-11,13-14H,3-9,15H2,1-2H3. The summed E-state index contributed by atoms with van der Waals surface area (Å²) < 4.78 is 7.22. The molecule has 1 aliphatic heterocycles. The summed E-state index contributed by atoms with van der Waals surface area (Å²) in [6.07, 6.45) is 7.49. The summed E-state index contributed by atoms with van der Waals surface area (Å²) in [6, 6.07) is 0.486. The molecule has 0 aliphatic carbocycles. The van der Waals surface area contributed by atoms with E-state index < -0.39 is 0 Å². The van der Waals surface area contributed by atoms with Gasteiger partial charge < -0.3 is 10.5 Å². The number of piperidine rings is 1. The van der Waals surface area contributed by atoms with Gasteiger partial charge in [0.15, 0.2) is 0 Å². The average Bonchev–Trinajstić information content (AvgIpc) is 2.85. The number of likely N-dealkylation sites (tertiary alicyclic amines) is 1. The number of rotatable bonds is 6. The molecule has 2 rings (SSSR count). The van der Waals surface area contributed by atoms with Crippen LogP contribution in [-0.4, -0.2) is 47.5 Å². The maximum absolute atomic E-state index is 6.34. The summed E-state index contributed by atoms with van der Waals surface area (Å²) in [7, 11) is 1.75. The van der Waals surface area contributed by atoms with Crippen LogP contribution in [0.15, 0.2) is 12.4 Å². The monoisotopic (exact) mass is 266 g/mol. The van der Waals surface area contributed by atoms with Gasteiger partial charge in [0.2, 0.25) is 0 Å². The van der Waals surface area contributed by atoms with Crippen LogP contribution in [0, 0.1) is 0 Å². The van der Waals surface area contributed by atoms with E-state index in [9.17, 15) is 0 Å². The number of methoxy groups -OCH3 is 1. The van der Waals surface area contributed by atoms with E-state index in [0.29, 0.717) is 0 Å². The number of hydrogen-bond donors (Lipinski definition) is 1. The molecule has 0 radical (unpaired) electrons. The Bertz CT molecular complexity index is 379. The minimum atomic E-state index is 0.199. The molecular formula is C14H26N4O. The van der Waals surface area contributed by atoms with Crippen molar-refractivity contribution >= 4 is 0 Å². The van der Waals surface area contributed by atoms with Gasteiger partial charge in [0.1, 0.15) is 0 Å². The molecule has 108 valence electrons. The largest absolute Gasteiger partial charge is 0.383 e. The van der Waals surface area contributed by atoms with Gasteiger partial charge in [-0.3, -0.25) is 9.58 Å². The van der Waals surface area contributed by atoms with Crippen molar-refractivity contribution in [3.63, 3.8) is 0 Å². The number of nitrogens with two attached hydrogens (primary N) is 1. The van der Waals surface area contributed by atoms with Crippen LogP contribution >= 0.6 is 0 Å². The minimum Gasteiger partial charge on any atom is -0.383 e. The third kappa shape index (κ3) is 3.55. The van der Waals surface area contributed by atoms with E-state index in [0.717, 1.165) is 39.1 Å². The van der Waals surface area contributed by atoms with Gasteiger partial charge in [-0.05, 0) is 25.8 Å². The Labute approximate surface area is 115 Å². The highest BCUT2D eigenvalue weighted by Gasteiger charge is 2.30. The zero-order valence-electron chi connectivity index (χ0n) is 12.1. The highest BCUT2D eigenvalue weighted by atomic mass is 16.5. The van der Waals surface area contributed by atoms with Gasteiger partial charge in [-0.15, -0.1) is 0 Å². The number of hydrogen-bond acceptors (Lipinski definition) is 4. The quantitative estimate of drug-likeness (QED) is 0.845. The predicted octanol–water partition coefficient (Wildman–Crippen LogP) is 1.40. The average molecular weight is 266 g/mol. The van der Waals surface area contributed by atoms with Gasteiger partial charge >= 0.3 is 0 Å². The summed E-state index contributed by atoms with van der Waals surface area (Å²) in [5.74, 6) is 0. The molecule has 5 heteroatoms. The van der Waals surface area contributed by atoms with E-state index >= 15 is 0 Å². The minimum absolute atomic E-state index is 0.199. The van der Waals surface area contributed by atoms with E-state index in [-0.39, 0.29) is 12.1 Å². The molecule has 2 N–H and O–H groups in total. The third-order valence-electron chi connectivity index (χ3n) is 3.81. The van der Waals surface area contributed by atoms with Gasteiger partial charge in [-0.2, -0.15) is 5.10 Å². The second-order valence-corrected chi connectivity index (χ2v) is 5.32. The summed E-state index contributed by atoms with van der Waals surface area (Å²) in [6.45, 7) is 5.93. The van der Waals surface area contributed by atoms with Gasteiger partial charge in [-0.25, -0.2) is 0 Å². The van der Waals surface area contributed by atoms with Crippen LogP contribution in [0.3, 0.4) is 0 Å². The van der Waals surface area contributed by atoms with E-state index in [1.54, 1.807) is 7.11 Å². The van der Waals surface area contributed by atoms with E-state index in [4.69, 9.17) is 10.5 Å². The molecule has 0 spiro atoms. The summed E-state index contributed by atoms with van der Waals surface area (Å²) in [4.78, 5) is 2.44. The van der Waals surface area contributed by atoms with E-state index in [2.05, 4.69) is 23.1 Å². The van der Waals surface area contributed by atoms with Gasteiger partial charge in [0.05, 0.1) is 18.8 Å². The highest BCUT2D eigenvalue weighted by Crippen LogP contribution is 2.29. The zero-order valence-corrected chi connectivity index (χ0v) is 12.1. The normalized spacial score (nSPS) is 24.8. The smallest absolute Gasteiger partial charge is 0.0589 e. The molecule has 2 heterocycles. The Balaban J connectivity index is 2.10. The molecule has 1 aliphatic rings. The molecule has 1 fully saturated rings. The molecule has 0 saturated carbocycles. The maximum Gasteiger partial charge on any atom is 0.0589 e. The molecule has 0 aromatic carbocycles. The lowest BCUT2D eigenvalue weighted by Crippen LogP contribution is -2.46. The molecule has 19 heavy (non-hydrogen) atoms. The van der Waals surface area contributed by atoms with Crippen LogP contribution in [0.2, 0.25) is 0 Å². The van der Waals surface area contributed by atoms with Crippen LogP contribution in [0.4, 0.5) is 0 Å². The molecule has 2 atom stereocenters. The Hall–Kier alpha value is -0.910. The fourth-order valence-electron chi connectivity index (χ4n) is 2.90. The lowest BCUT2D eigenvalue weighted by atomic mass is 9.93. The molecule has 5 nitrogen and oxygen atoms in total. The van der Waals surface area contributed by atoms with Crippen molar-refractivity contribution in [3.05, 3.63) is 18.0 Å². The number of aromatic nitrogens is 2. The fraction of sp³-hybridized carbons (Fsp3) is 0.786. The second kappa shape index (κ2) is 7.03. The Morgan fingerprint density at radius 1 is 1.47 bits per heavy atom. The van der Waals surface area contributed by atoms with Crippen molar-refractivity contribution in [1.29, 1.82) is 0 Å². The first-order valence-corrected chi connectivity index (χ1v) is 7.27. The topological polar surface area (TPSA) is 56.3 Å². The van der Waals surface area contributed by atoms with Crippen LogP contribution < -0.4 is 5.73 Å². The summed E-state index contributed by atoms with van der Waals surface area (Å²) in [5, 5.41) is 4.43. The summed E-state index contributed by atoms with van der Waals surface area (Å²) >= 11 is 0. The molecule has 1 aromatic heterocycles. The van der Waals surface area contributed by atoms with Crippen LogP contribution in [0.1, 0.15) is 37.8 Å².